The minimum atomic E-state index is -0.413. The van der Waals surface area contributed by atoms with Crippen LogP contribution >= 0.6 is 27.5 Å². The van der Waals surface area contributed by atoms with Crippen molar-refractivity contribution in [3.63, 3.8) is 0 Å². The number of aryl methyl sites for hydroxylation is 1. The second-order valence-corrected chi connectivity index (χ2v) is 6.76. The Morgan fingerprint density at radius 1 is 1.36 bits per heavy atom. The zero-order valence-corrected chi connectivity index (χ0v) is 14.0. The van der Waals surface area contributed by atoms with E-state index in [2.05, 4.69) is 26.0 Å². The highest BCUT2D eigenvalue weighted by Gasteiger charge is 2.29. The van der Waals surface area contributed by atoms with Crippen LogP contribution < -0.4 is 5.63 Å². The van der Waals surface area contributed by atoms with Gasteiger partial charge in [-0.3, -0.25) is 4.68 Å². The van der Waals surface area contributed by atoms with Gasteiger partial charge in [-0.15, -0.1) is 0 Å². The number of nitrogens with zero attached hydrogens (tertiary/aromatic N) is 3. The minimum absolute atomic E-state index is 0.259. The molecule has 0 saturated heterocycles. The zero-order valence-electron chi connectivity index (χ0n) is 11.6. The monoisotopic (exact) mass is 379 g/mol. The van der Waals surface area contributed by atoms with E-state index in [-0.39, 0.29) is 5.89 Å². The summed E-state index contributed by atoms with van der Waals surface area (Å²) in [6.07, 6.45) is 2.10. The van der Waals surface area contributed by atoms with E-state index in [1.807, 2.05) is 13.0 Å². The summed E-state index contributed by atoms with van der Waals surface area (Å²) in [5.41, 5.74) is 1.77. The first-order chi connectivity index (χ1) is 10.5. The number of aromatic nitrogens is 3. The van der Waals surface area contributed by atoms with Gasteiger partial charge in [-0.05, 0) is 37.5 Å². The maximum Gasteiger partial charge on any atom is 0.347 e. The number of rotatable bonds is 2. The van der Waals surface area contributed by atoms with E-state index >= 15 is 0 Å². The molecule has 0 atom stereocenters. The third-order valence-electron chi connectivity index (χ3n) is 3.71. The quantitative estimate of drug-likeness (QED) is 0.671. The lowest BCUT2D eigenvalue weighted by molar-refractivity contribution is 0.506. The fourth-order valence-corrected chi connectivity index (χ4v) is 3.30. The van der Waals surface area contributed by atoms with Crippen molar-refractivity contribution in [1.82, 2.24) is 14.8 Å². The summed E-state index contributed by atoms with van der Waals surface area (Å²) in [5.74, 6) is 0.259. The lowest BCUT2D eigenvalue weighted by Gasteiger charge is -2.06. The largest absolute Gasteiger partial charge is 0.401 e. The Labute approximate surface area is 139 Å². The average Bonchev–Trinajstić information content (AvgIpc) is 3.22. The maximum absolute atomic E-state index is 12.3. The molecule has 7 heteroatoms. The molecule has 0 spiro atoms. The van der Waals surface area contributed by atoms with Gasteiger partial charge in [-0.2, -0.15) is 5.10 Å². The van der Waals surface area contributed by atoms with Crippen molar-refractivity contribution in [2.24, 2.45) is 0 Å². The normalized spacial score (nSPS) is 14.7. The molecule has 112 valence electrons. The fraction of sp³-hybridized carbons (Fsp3) is 0.267. The molecule has 3 aromatic rings. The smallest absolute Gasteiger partial charge is 0.347 e. The average molecular weight is 381 g/mol. The molecule has 5 nitrogen and oxygen atoms in total. The van der Waals surface area contributed by atoms with Crippen LogP contribution in [0.2, 0.25) is 5.15 Å². The summed E-state index contributed by atoms with van der Waals surface area (Å²) >= 11 is 9.39. The van der Waals surface area contributed by atoms with Crippen LogP contribution in [-0.4, -0.2) is 14.8 Å². The second-order valence-electron chi connectivity index (χ2n) is 5.45. The molecular formula is C15H11BrClN3O2. The van der Waals surface area contributed by atoms with Gasteiger partial charge < -0.3 is 4.42 Å². The molecule has 2 heterocycles. The van der Waals surface area contributed by atoms with Gasteiger partial charge >= 0.3 is 5.63 Å². The highest BCUT2D eigenvalue weighted by atomic mass is 79.9. The lowest BCUT2D eigenvalue weighted by Crippen LogP contribution is -2.07. The number of benzene rings is 1. The molecule has 1 aromatic carbocycles. The van der Waals surface area contributed by atoms with Crippen LogP contribution in [-0.2, 0) is 0 Å². The molecular weight excluding hydrogens is 370 g/mol. The zero-order chi connectivity index (χ0) is 15.4. The summed E-state index contributed by atoms with van der Waals surface area (Å²) in [4.78, 5) is 16.8. The minimum Gasteiger partial charge on any atom is -0.401 e. The Morgan fingerprint density at radius 3 is 2.86 bits per heavy atom. The van der Waals surface area contributed by atoms with Crippen LogP contribution in [0.3, 0.4) is 0 Å². The molecule has 0 bridgehead atoms. The van der Waals surface area contributed by atoms with Gasteiger partial charge in [-0.1, -0.05) is 27.5 Å². The first kappa shape index (κ1) is 14.0. The topological polar surface area (TPSA) is 60.9 Å². The molecule has 0 amide bonds. The Kier molecular flexibility index (Phi) is 3.13. The number of fused-ring (bicyclic) bond motifs is 1. The lowest BCUT2D eigenvalue weighted by atomic mass is 10.1. The molecule has 1 saturated carbocycles. The first-order valence-electron chi connectivity index (χ1n) is 6.89. The summed E-state index contributed by atoms with van der Waals surface area (Å²) < 4.78 is 8.04. The summed E-state index contributed by atoms with van der Waals surface area (Å²) in [6, 6.07) is 5.64. The Hall–Kier alpha value is -1.66. The van der Waals surface area contributed by atoms with Crippen molar-refractivity contribution in [3.05, 3.63) is 43.8 Å². The van der Waals surface area contributed by atoms with Gasteiger partial charge in [-0.25, -0.2) is 9.78 Å². The van der Waals surface area contributed by atoms with Crippen LogP contribution in [0, 0.1) is 6.92 Å². The number of halogens is 2. The van der Waals surface area contributed by atoms with Crippen molar-refractivity contribution in [2.75, 3.05) is 0 Å². The summed E-state index contributed by atoms with van der Waals surface area (Å²) in [6.45, 7) is 1.91. The third kappa shape index (κ3) is 2.27. The molecule has 4 rings (SSSR count). The second kappa shape index (κ2) is 4.93. The SMILES string of the molecule is Cc1cc(Br)cc2c(=O)oc(-c3cc(Cl)nn3C3CC3)nc12. The van der Waals surface area contributed by atoms with Crippen LogP contribution in [0.15, 0.2) is 31.9 Å². The van der Waals surface area contributed by atoms with E-state index in [1.165, 1.54) is 0 Å². The predicted octanol–water partition coefficient (Wildman–Crippen LogP) is 4.11. The van der Waals surface area contributed by atoms with Gasteiger partial charge in [0.2, 0.25) is 5.89 Å². The van der Waals surface area contributed by atoms with E-state index in [4.69, 9.17) is 16.0 Å². The highest BCUT2D eigenvalue weighted by Crippen LogP contribution is 2.38. The van der Waals surface area contributed by atoms with Gasteiger partial charge in [0, 0.05) is 10.5 Å². The summed E-state index contributed by atoms with van der Waals surface area (Å²) in [5, 5.41) is 5.10. The van der Waals surface area contributed by atoms with Crippen LogP contribution in [0.5, 0.6) is 0 Å². The summed E-state index contributed by atoms with van der Waals surface area (Å²) in [7, 11) is 0. The fourth-order valence-electron chi connectivity index (χ4n) is 2.54. The predicted molar refractivity (Wildman–Crippen MR) is 87.2 cm³/mol. The van der Waals surface area contributed by atoms with E-state index in [0.29, 0.717) is 27.8 Å². The Morgan fingerprint density at radius 2 is 2.14 bits per heavy atom. The molecule has 0 unspecified atom stereocenters. The molecule has 0 radical (unpaired) electrons. The first-order valence-corrected chi connectivity index (χ1v) is 8.06. The molecule has 0 aliphatic heterocycles. The van der Waals surface area contributed by atoms with Crippen LogP contribution in [0.4, 0.5) is 0 Å². The van der Waals surface area contributed by atoms with Crippen molar-refractivity contribution in [1.29, 1.82) is 0 Å². The van der Waals surface area contributed by atoms with Crippen LogP contribution in [0.25, 0.3) is 22.5 Å². The van der Waals surface area contributed by atoms with Gasteiger partial charge in [0.25, 0.3) is 0 Å². The van der Waals surface area contributed by atoms with Crippen molar-refractivity contribution >= 4 is 38.4 Å². The molecule has 2 aromatic heterocycles. The van der Waals surface area contributed by atoms with E-state index in [0.717, 1.165) is 22.9 Å². The molecule has 1 fully saturated rings. The molecule has 22 heavy (non-hydrogen) atoms. The van der Waals surface area contributed by atoms with Gasteiger partial charge in [0.1, 0.15) is 5.69 Å². The highest BCUT2D eigenvalue weighted by molar-refractivity contribution is 9.10. The van der Waals surface area contributed by atoms with E-state index in [1.54, 1.807) is 16.8 Å². The molecule has 1 aliphatic carbocycles. The number of hydrogen-bond acceptors (Lipinski definition) is 4. The van der Waals surface area contributed by atoms with Gasteiger partial charge in [0.05, 0.1) is 16.9 Å². The van der Waals surface area contributed by atoms with Gasteiger partial charge in [0.15, 0.2) is 5.15 Å². The van der Waals surface area contributed by atoms with Crippen molar-refractivity contribution in [2.45, 2.75) is 25.8 Å². The maximum atomic E-state index is 12.3. The van der Waals surface area contributed by atoms with E-state index in [9.17, 15) is 4.79 Å². The molecule has 0 N–H and O–H groups in total. The van der Waals surface area contributed by atoms with Crippen molar-refractivity contribution < 1.29 is 4.42 Å². The van der Waals surface area contributed by atoms with E-state index < -0.39 is 5.63 Å². The Bertz CT molecular complexity index is 959. The number of hydrogen-bond donors (Lipinski definition) is 0. The van der Waals surface area contributed by atoms with Crippen LogP contribution in [0.1, 0.15) is 24.4 Å². The molecule has 1 aliphatic rings. The third-order valence-corrected chi connectivity index (χ3v) is 4.35. The standard InChI is InChI=1S/C15H11BrClN3O2/c1-7-4-8(16)5-10-13(7)18-14(22-15(10)21)11-6-12(17)19-20(11)9-2-3-9/h4-6,9H,2-3H2,1H3. The Balaban J connectivity index is 1.99. The van der Waals surface area contributed by atoms with Crippen molar-refractivity contribution in [3.8, 4) is 11.6 Å².